The molecule has 0 aromatic heterocycles. The predicted molar refractivity (Wildman–Crippen MR) is 79.4 cm³/mol. The molecule has 3 nitrogen and oxygen atoms in total. The molecule has 1 aliphatic carbocycles. The van der Waals surface area contributed by atoms with Crippen LogP contribution in [-0.2, 0) is 11.2 Å². The Kier molecular flexibility index (Phi) is 4.36. The molecule has 1 fully saturated rings. The average Bonchev–Trinajstić information content (AvgIpc) is 2.45. The van der Waals surface area contributed by atoms with Crippen LogP contribution in [0.1, 0.15) is 38.7 Å². The van der Waals surface area contributed by atoms with E-state index in [0.717, 1.165) is 29.9 Å². The molecule has 1 aromatic rings. The van der Waals surface area contributed by atoms with Gasteiger partial charge in [-0.3, -0.25) is 4.79 Å². The summed E-state index contributed by atoms with van der Waals surface area (Å²) < 4.78 is 10.9. The number of hydrogen-bond acceptors (Lipinski definition) is 3. The molecule has 20 heavy (non-hydrogen) atoms. The summed E-state index contributed by atoms with van der Waals surface area (Å²) in [6, 6.07) is 5.77. The van der Waals surface area contributed by atoms with Crippen molar-refractivity contribution in [2.24, 2.45) is 11.3 Å². The molecule has 110 valence electrons. The number of benzene rings is 1. The first-order valence-electron chi connectivity index (χ1n) is 7.26. The number of carbonyl (C=O) groups is 1. The zero-order valence-electron chi connectivity index (χ0n) is 12.9. The minimum absolute atomic E-state index is 0.319. The standard InChI is InChI=1S/C17H24O3/c1-12-7-5-10-16(18)17(12,2)11-13-14(19-3)8-6-9-15(13)20-4/h6,8-9,12H,5,7,10-11H2,1-4H3/t12-,17+/m0/s1. The lowest BCUT2D eigenvalue weighted by Gasteiger charge is -2.38. The van der Waals surface area contributed by atoms with Crippen LogP contribution in [-0.4, -0.2) is 20.0 Å². The van der Waals surface area contributed by atoms with Crippen molar-refractivity contribution in [2.75, 3.05) is 14.2 Å². The number of ether oxygens (including phenoxy) is 2. The molecule has 0 aliphatic heterocycles. The summed E-state index contributed by atoms with van der Waals surface area (Å²) >= 11 is 0. The highest BCUT2D eigenvalue weighted by atomic mass is 16.5. The second kappa shape index (κ2) is 5.86. The predicted octanol–water partition coefficient (Wildman–Crippen LogP) is 3.64. The first-order valence-corrected chi connectivity index (χ1v) is 7.26. The maximum atomic E-state index is 12.4. The van der Waals surface area contributed by atoms with Crippen molar-refractivity contribution in [3.8, 4) is 11.5 Å². The van der Waals surface area contributed by atoms with Crippen LogP contribution >= 0.6 is 0 Å². The fraction of sp³-hybridized carbons (Fsp3) is 0.588. The van der Waals surface area contributed by atoms with E-state index >= 15 is 0 Å². The largest absolute Gasteiger partial charge is 0.496 e. The van der Waals surface area contributed by atoms with E-state index in [1.807, 2.05) is 18.2 Å². The number of rotatable bonds is 4. The van der Waals surface area contributed by atoms with Gasteiger partial charge in [-0.25, -0.2) is 0 Å². The van der Waals surface area contributed by atoms with Crippen molar-refractivity contribution in [3.63, 3.8) is 0 Å². The molecule has 0 unspecified atom stereocenters. The van der Waals surface area contributed by atoms with Gasteiger partial charge in [0.15, 0.2) is 0 Å². The highest BCUT2D eigenvalue weighted by molar-refractivity contribution is 5.86. The molecule has 0 amide bonds. The van der Waals surface area contributed by atoms with E-state index in [4.69, 9.17) is 9.47 Å². The molecule has 0 bridgehead atoms. The Balaban J connectivity index is 2.39. The zero-order chi connectivity index (χ0) is 14.8. The maximum absolute atomic E-state index is 12.4. The summed E-state index contributed by atoms with van der Waals surface area (Å²) in [7, 11) is 3.32. The van der Waals surface area contributed by atoms with Gasteiger partial charge in [-0.1, -0.05) is 19.9 Å². The van der Waals surface area contributed by atoms with Crippen molar-refractivity contribution < 1.29 is 14.3 Å². The van der Waals surface area contributed by atoms with Gasteiger partial charge < -0.3 is 9.47 Å². The molecular formula is C17H24O3. The van der Waals surface area contributed by atoms with Gasteiger partial charge in [0.05, 0.1) is 14.2 Å². The number of methoxy groups -OCH3 is 2. The molecular weight excluding hydrogens is 252 g/mol. The van der Waals surface area contributed by atoms with E-state index in [9.17, 15) is 4.79 Å². The lowest BCUT2D eigenvalue weighted by Crippen LogP contribution is -2.40. The quantitative estimate of drug-likeness (QED) is 0.842. The van der Waals surface area contributed by atoms with Gasteiger partial charge in [-0.05, 0) is 37.3 Å². The van der Waals surface area contributed by atoms with Crippen LogP contribution < -0.4 is 9.47 Å². The summed E-state index contributed by atoms with van der Waals surface area (Å²) in [5.41, 5.74) is 0.683. The van der Waals surface area contributed by atoms with Crippen molar-refractivity contribution >= 4 is 5.78 Å². The van der Waals surface area contributed by atoms with E-state index < -0.39 is 0 Å². The SMILES string of the molecule is COc1cccc(OC)c1C[C@@]1(C)C(=O)CCC[C@@H]1C. The highest BCUT2D eigenvalue weighted by Gasteiger charge is 2.41. The van der Waals surface area contributed by atoms with Gasteiger partial charge in [0.25, 0.3) is 0 Å². The molecule has 0 N–H and O–H groups in total. The Labute approximate surface area is 121 Å². The minimum Gasteiger partial charge on any atom is -0.496 e. The van der Waals surface area contributed by atoms with Crippen LogP contribution in [0, 0.1) is 11.3 Å². The Hall–Kier alpha value is -1.51. The van der Waals surface area contributed by atoms with E-state index in [1.165, 1.54) is 0 Å². The molecule has 0 spiro atoms. The normalized spacial score (nSPS) is 26.4. The smallest absolute Gasteiger partial charge is 0.139 e. The van der Waals surface area contributed by atoms with Gasteiger partial charge in [0.2, 0.25) is 0 Å². The van der Waals surface area contributed by atoms with E-state index in [-0.39, 0.29) is 5.41 Å². The lowest BCUT2D eigenvalue weighted by atomic mass is 9.64. The van der Waals surface area contributed by atoms with Gasteiger partial charge in [0, 0.05) is 17.4 Å². The molecule has 1 aromatic carbocycles. The Morgan fingerprint density at radius 3 is 2.35 bits per heavy atom. The molecule has 0 heterocycles. The maximum Gasteiger partial charge on any atom is 0.139 e. The Morgan fingerprint density at radius 2 is 1.85 bits per heavy atom. The fourth-order valence-corrected chi connectivity index (χ4v) is 3.19. The Bertz CT molecular complexity index is 473. The second-order valence-electron chi connectivity index (χ2n) is 5.95. The average molecular weight is 276 g/mol. The van der Waals surface area contributed by atoms with Gasteiger partial charge in [-0.2, -0.15) is 0 Å². The third-order valence-corrected chi connectivity index (χ3v) is 4.84. The first-order chi connectivity index (χ1) is 9.52. The van der Waals surface area contributed by atoms with Crippen molar-refractivity contribution in [1.82, 2.24) is 0 Å². The van der Waals surface area contributed by atoms with E-state index in [0.29, 0.717) is 24.5 Å². The number of hydrogen-bond donors (Lipinski definition) is 0. The summed E-state index contributed by atoms with van der Waals surface area (Å²) in [4.78, 5) is 12.4. The van der Waals surface area contributed by atoms with Gasteiger partial charge >= 0.3 is 0 Å². The van der Waals surface area contributed by atoms with Crippen LogP contribution in [0.3, 0.4) is 0 Å². The fourth-order valence-electron chi connectivity index (χ4n) is 3.19. The number of Topliss-reactive ketones (excluding diaryl/α,β-unsaturated/α-hetero) is 1. The van der Waals surface area contributed by atoms with Crippen LogP contribution in [0.15, 0.2) is 18.2 Å². The number of ketones is 1. The zero-order valence-corrected chi connectivity index (χ0v) is 12.9. The minimum atomic E-state index is -0.319. The van der Waals surface area contributed by atoms with Gasteiger partial charge in [-0.15, -0.1) is 0 Å². The monoisotopic (exact) mass is 276 g/mol. The van der Waals surface area contributed by atoms with E-state index in [2.05, 4.69) is 13.8 Å². The molecule has 1 saturated carbocycles. The third-order valence-electron chi connectivity index (χ3n) is 4.84. The van der Waals surface area contributed by atoms with Crippen LogP contribution in [0.2, 0.25) is 0 Å². The van der Waals surface area contributed by atoms with Crippen molar-refractivity contribution in [3.05, 3.63) is 23.8 Å². The number of carbonyl (C=O) groups excluding carboxylic acids is 1. The summed E-state index contributed by atoms with van der Waals surface area (Å²) in [5.74, 6) is 2.36. The first kappa shape index (κ1) is 14.9. The molecule has 0 radical (unpaired) electrons. The molecule has 2 atom stereocenters. The molecule has 3 heteroatoms. The highest BCUT2D eigenvalue weighted by Crippen LogP contribution is 2.44. The lowest BCUT2D eigenvalue weighted by molar-refractivity contribution is -0.133. The summed E-state index contributed by atoms with van der Waals surface area (Å²) in [6.07, 6.45) is 3.50. The van der Waals surface area contributed by atoms with Crippen molar-refractivity contribution in [1.29, 1.82) is 0 Å². The third kappa shape index (κ3) is 2.54. The Morgan fingerprint density at radius 1 is 1.25 bits per heavy atom. The molecule has 1 aliphatic rings. The van der Waals surface area contributed by atoms with E-state index in [1.54, 1.807) is 14.2 Å². The van der Waals surface area contributed by atoms with Crippen LogP contribution in [0.4, 0.5) is 0 Å². The summed E-state index contributed by atoms with van der Waals surface area (Å²) in [6.45, 7) is 4.27. The summed E-state index contributed by atoms with van der Waals surface area (Å²) in [5, 5.41) is 0. The topological polar surface area (TPSA) is 35.5 Å². The van der Waals surface area contributed by atoms with Crippen LogP contribution in [0.25, 0.3) is 0 Å². The van der Waals surface area contributed by atoms with Gasteiger partial charge in [0.1, 0.15) is 17.3 Å². The second-order valence-corrected chi connectivity index (χ2v) is 5.95. The van der Waals surface area contributed by atoms with Crippen molar-refractivity contribution in [2.45, 2.75) is 39.5 Å². The van der Waals surface area contributed by atoms with Crippen LogP contribution in [0.5, 0.6) is 11.5 Å². The molecule has 2 rings (SSSR count). The molecule has 0 saturated heterocycles.